The van der Waals surface area contributed by atoms with Crippen molar-refractivity contribution >= 4 is 29.3 Å². The molecule has 19 heavy (non-hydrogen) atoms. The number of urea groups is 1. The van der Waals surface area contributed by atoms with E-state index >= 15 is 0 Å². The van der Waals surface area contributed by atoms with Crippen molar-refractivity contribution in [1.29, 1.82) is 5.41 Å². The standard InChI is InChI=1S/C13H19ClN4O/c1-4-8-18(13(19)17(3)12(15)16)11-9(2)6-5-7-10(11)14/h5-7H,4,8H2,1-3H3,(H3,15,16). The summed E-state index contributed by atoms with van der Waals surface area (Å²) in [6, 6.07) is 5.12. The van der Waals surface area contributed by atoms with Crippen LogP contribution < -0.4 is 10.6 Å². The van der Waals surface area contributed by atoms with Crippen LogP contribution in [-0.2, 0) is 0 Å². The fraction of sp³-hybridized carbons (Fsp3) is 0.385. The van der Waals surface area contributed by atoms with Crippen molar-refractivity contribution in [2.45, 2.75) is 20.3 Å². The van der Waals surface area contributed by atoms with Gasteiger partial charge in [0.2, 0.25) is 0 Å². The third kappa shape index (κ3) is 3.38. The summed E-state index contributed by atoms with van der Waals surface area (Å²) in [7, 11) is 1.47. The summed E-state index contributed by atoms with van der Waals surface area (Å²) in [6.45, 7) is 4.38. The summed E-state index contributed by atoms with van der Waals surface area (Å²) >= 11 is 6.19. The van der Waals surface area contributed by atoms with Crippen molar-refractivity contribution in [2.75, 3.05) is 18.5 Å². The molecule has 0 fully saturated rings. The predicted molar refractivity (Wildman–Crippen MR) is 78.9 cm³/mol. The van der Waals surface area contributed by atoms with Crippen molar-refractivity contribution in [3.05, 3.63) is 28.8 Å². The lowest BCUT2D eigenvalue weighted by molar-refractivity contribution is 0.232. The van der Waals surface area contributed by atoms with E-state index in [4.69, 9.17) is 22.7 Å². The van der Waals surface area contributed by atoms with Gasteiger partial charge in [0.15, 0.2) is 5.96 Å². The van der Waals surface area contributed by atoms with Crippen molar-refractivity contribution in [3.8, 4) is 0 Å². The number of hydrogen-bond donors (Lipinski definition) is 2. The first-order valence-electron chi connectivity index (χ1n) is 6.04. The highest BCUT2D eigenvalue weighted by Crippen LogP contribution is 2.30. The van der Waals surface area contributed by atoms with Crippen LogP contribution >= 0.6 is 11.6 Å². The van der Waals surface area contributed by atoms with Gasteiger partial charge < -0.3 is 5.73 Å². The van der Waals surface area contributed by atoms with E-state index < -0.39 is 0 Å². The van der Waals surface area contributed by atoms with E-state index in [1.807, 2.05) is 26.0 Å². The van der Waals surface area contributed by atoms with Crippen LogP contribution in [0.1, 0.15) is 18.9 Å². The van der Waals surface area contributed by atoms with Gasteiger partial charge in [-0.15, -0.1) is 0 Å². The first-order valence-corrected chi connectivity index (χ1v) is 6.42. The lowest BCUT2D eigenvalue weighted by Crippen LogP contribution is -2.47. The molecule has 0 saturated carbocycles. The molecule has 5 nitrogen and oxygen atoms in total. The summed E-state index contributed by atoms with van der Waals surface area (Å²) in [6.07, 6.45) is 0.780. The van der Waals surface area contributed by atoms with Gasteiger partial charge >= 0.3 is 6.03 Å². The molecule has 0 heterocycles. The first-order chi connectivity index (χ1) is 8.90. The molecule has 1 aromatic carbocycles. The number of amides is 2. The Kier molecular flexibility index (Phi) is 5.18. The van der Waals surface area contributed by atoms with Crippen LogP contribution in [0.5, 0.6) is 0 Å². The average Bonchev–Trinajstić information content (AvgIpc) is 2.35. The number of carbonyl (C=O) groups is 1. The number of rotatable bonds is 3. The largest absolute Gasteiger partial charge is 0.370 e. The maximum absolute atomic E-state index is 12.4. The van der Waals surface area contributed by atoms with Crippen molar-refractivity contribution in [2.24, 2.45) is 5.73 Å². The zero-order chi connectivity index (χ0) is 14.6. The second-order valence-corrected chi connectivity index (χ2v) is 4.69. The third-order valence-electron chi connectivity index (χ3n) is 2.78. The second-order valence-electron chi connectivity index (χ2n) is 4.28. The SMILES string of the molecule is CCCN(C(=O)N(C)C(=N)N)c1c(C)cccc1Cl. The minimum atomic E-state index is -0.356. The van der Waals surface area contributed by atoms with Gasteiger partial charge in [-0.25, -0.2) is 4.79 Å². The molecule has 0 aliphatic rings. The highest BCUT2D eigenvalue weighted by Gasteiger charge is 2.23. The van der Waals surface area contributed by atoms with E-state index in [9.17, 15) is 4.79 Å². The number of carbonyl (C=O) groups excluding carboxylic acids is 1. The van der Waals surface area contributed by atoms with E-state index in [1.165, 1.54) is 7.05 Å². The van der Waals surface area contributed by atoms with Crippen LogP contribution in [0.25, 0.3) is 0 Å². The van der Waals surface area contributed by atoms with Gasteiger partial charge in [-0.3, -0.25) is 15.2 Å². The Morgan fingerprint density at radius 1 is 1.47 bits per heavy atom. The molecular weight excluding hydrogens is 264 g/mol. The average molecular weight is 283 g/mol. The Bertz CT molecular complexity index is 469. The molecule has 0 unspecified atom stereocenters. The number of para-hydroxylation sites is 1. The quantitative estimate of drug-likeness (QED) is 0.661. The molecule has 104 valence electrons. The maximum atomic E-state index is 12.4. The summed E-state index contributed by atoms with van der Waals surface area (Å²) < 4.78 is 0. The van der Waals surface area contributed by atoms with E-state index in [0.29, 0.717) is 17.3 Å². The van der Waals surface area contributed by atoms with E-state index in [-0.39, 0.29) is 12.0 Å². The molecule has 1 aromatic rings. The van der Waals surface area contributed by atoms with Crippen LogP contribution in [0, 0.1) is 12.3 Å². The number of nitrogens with one attached hydrogen (secondary N) is 1. The Morgan fingerprint density at radius 3 is 2.58 bits per heavy atom. The number of benzene rings is 1. The van der Waals surface area contributed by atoms with Gasteiger partial charge in [0.25, 0.3) is 0 Å². The van der Waals surface area contributed by atoms with Gasteiger partial charge in [0.1, 0.15) is 0 Å². The minimum Gasteiger partial charge on any atom is -0.370 e. The number of hydrogen-bond acceptors (Lipinski definition) is 2. The number of nitrogens with two attached hydrogens (primary N) is 1. The molecule has 0 spiro atoms. The lowest BCUT2D eigenvalue weighted by atomic mass is 10.2. The Hall–Kier alpha value is -1.75. The summed E-state index contributed by atoms with van der Waals surface area (Å²) in [5.74, 6) is -0.296. The van der Waals surface area contributed by atoms with Crippen molar-refractivity contribution in [1.82, 2.24) is 4.90 Å². The number of halogens is 1. The molecule has 0 saturated heterocycles. The topological polar surface area (TPSA) is 73.4 Å². The lowest BCUT2D eigenvalue weighted by Gasteiger charge is -2.29. The molecule has 2 amide bonds. The maximum Gasteiger partial charge on any atom is 0.331 e. The van der Waals surface area contributed by atoms with Crippen LogP contribution in [0.2, 0.25) is 5.02 Å². The number of aryl methyl sites for hydroxylation is 1. The van der Waals surface area contributed by atoms with Gasteiger partial charge in [-0.05, 0) is 25.0 Å². The highest BCUT2D eigenvalue weighted by atomic mass is 35.5. The molecule has 3 N–H and O–H groups in total. The van der Waals surface area contributed by atoms with Gasteiger partial charge in [-0.1, -0.05) is 30.7 Å². The molecule has 0 bridgehead atoms. The molecule has 0 aliphatic heterocycles. The smallest absolute Gasteiger partial charge is 0.331 e. The van der Waals surface area contributed by atoms with E-state index in [2.05, 4.69) is 0 Å². The summed E-state index contributed by atoms with van der Waals surface area (Å²) in [5, 5.41) is 7.86. The molecule has 0 aliphatic carbocycles. The Labute approximate surface area is 118 Å². The molecular formula is C13H19ClN4O. The van der Waals surface area contributed by atoms with Crippen molar-refractivity contribution in [3.63, 3.8) is 0 Å². The Balaban J connectivity index is 3.21. The normalized spacial score (nSPS) is 10.1. The molecule has 6 heteroatoms. The van der Waals surface area contributed by atoms with Crippen LogP contribution in [0.15, 0.2) is 18.2 Å². The third-order valence-corrected chi connectivity index (χ3v) is 3.09. The van der Waals surface area contributed by atoms with Crippen LogP contribution in [0.3, 0.4) is 0 Å². The summed E-state index contributed by atoms with van der Waals surface area (Å²) in [5.41, 5.74) is 6.93. The summed E-state index contributed by atoms with van der Waals surface area (Å²) in [4.78, 5) is 15.0. The number of anilines is 1. The van der Waals surface area contributed by atoms with E-state index in [1.54, 1.807) is 11.0 Å². The first kappa shape index (κ1) is 15.3. The van der Waals surface area contributed by atoms with Gasteiger partial charge in [0.05, 0.1) is 10.7 Å². The minimum absolute atomic E-state index is 0.296. The molecule has 0 radical (unpaired) electrons. The molecule has 1 rings (SSSR count). The molecule has 0 atom stereocenters. The highest BCUT2D eigenvalue weighted by molar-refractivity contribution is 6.34. The zero-order valence-electron chi connectivity index (χ0n) is 11.4. The fourth-order valence-electron chi connectivity index (χ4n) is 1.78. The van der Waals surface area contributed by atoms with E-state index in [0.717, 1.165) is 16.9 Å². The number of nitrogens with zero attached hydrogens (tertiary/aromatic N) is 2. The van der Waals surface area contributed by atoms with Crippen molar-refractivity contribution < 1.29 is 4.79 Å². The zero-order valence-corrected chi connectivity index (χ0v) is 12.2. The monoisotopic (exact) mass is 282 g/mol. The van der Waals surface area contributed by atoms with Crippen LogP contribution in [0.4, 0.5) is 10.5 Å². The van der Waals surface area contributed by atoms with Crippen LogP contribution in [-0.4, -0.2) is 30.5 Å². The Morgan fingerprint density at radius 2 is 2.11 bits per heavy atom. The fourth-order valence-corrected chi connectivity index (χ4v) is 2.10. The second kappa shape index (κ2) is 6.43. The van der Waals surface area contributed by atoms with Gasteiger partial charge in [-0.2, -0.15) is 0 Å². The predicted octanol–water partition coefficient (Wildman–Crippen LogP) is 2.81. The van der Waals surface area contributed by atoms with Gasteiger partial charge in [0, 0.05) is 13.6 Å². The number of guanidine groups is 1. The molecule has 0 aromatic heterocycles.